The molecule has 1 heterocycles. The molecule has 0 aliphatic heterocycles. The highest BCUT2D eigenvalue weighted by molar-refractivity contribution is 7.99. The van der Waals surface area contributed by atoms with Crippen molar-refractivity contribution in [1.82, 2.24) is 4.98 Å². The van der Waals surface area contributed by atoms with E-state index in [9.17, 15) is 13.2 Å². The lowest BCUT2D eigenvalue weighted by atomic mass is 10.0. The van der Waals surface area contributed by atoms with E-state index in [-0.39, 0.29) is 16.2 Å². The molecule has 2 rings (SSSR count). The maximum absolute atomic E-state index is 13.2. The lowest BCUT2D eigenvalue weighted by Crippen LogP contribution is -2.18. The minimum Gasteiger partial charge on any atom is -0.439 e. The third kappa shape index (κ3) is 4.25. The van der Waals surface area contributed by atoms with Gasteiger partial charge in [0.05, 0.1) is 11.3 Å². The number of alkyl halides is 3. The number of oxazole rings is 1. The standard InChI is InChI=1S/C14H15F3N2OS/c1-8(18)5-10-3-4-12(11(6-10)14(15,16)17)21-13-19-9(2)7-20-13/h3-4,6-8H,5,18H2,1-2H3. The summed E-state index contributed by atoms with van der Waals surface area (Å²) < 4.78 is 44.6. The summed E-state index contributed by atoms with van der Waals surface area (Å²) in [4.78, 5) is 4.08. The molecule has 21 heavy (non-hydrogen) atoms. The van der Waals surface area contributed by atoms with Crippen molar-refractivity contribution in [3.63, 3.8) is 0 Å². The third-order valence-corrected chi connectivity index (χ3v) is 3.64. The van der Waals surface area contributed by atoms with Crippen LogP contribution in [0, 0.1) is 6.92 Å². The average Bonchev–Trinajstić information content (AvgIpc) is 2.75. The van der Waals surface area contributed by atoms with E-state index in [0.29, 0.717) is 17.7 Å². The number of nitrogens with zero attached hydrogens (tertiary/aromatic N) is 1. The summed E-state index contributed by atoms with van der Waals surface area (Å²) in [5, 5.41) is 0.193. The van der Waals surface area contributed by atoms with Gasteiger partial charge in [0, 0.05) is 10.9 Å². The molecule has 1 aromatic carbocycles. The quantitative estimate of drug-likeness (QED) is 0.925. The summed E-state index contributed by atoms with van der Waals surface area (Å²) in [7, 11) is 0. The predicted molar refractivity (Wildman–Crippen MR) is 74.2 cm³/mol. The van der Waals surface area contributed by atoms with Crippen molar-refractivity contribution >= 4 is 11.8 Å². The van der Waals surface area contributed by atoms with Crippen molar-refractivity contribution in [3.05, 3.63) is 41.3 Å². The van der Waals surface area contributed by atoms with Crippen LogP contribution in [0.5, 0.6) is 0 Å². The van der Waals surface area contributed by atoms with Gasteiger partial charge < -0.3 is 10.2 Å². The van der Waals surface area contributed by atoms with Crippen molar-refractivity contribution in [3.8, 4) is 0 Å². The fraction of sp³-hybridized carbons (Fsp3) is 0.357. The fourth-order valence-electron chi connectivity index (χ4n) is 1.86. The summed E-state index contributed by atoms with van der Waals surface area (Å²) in [5.41, 5.74) is 6.13. The van der Waals surface area contributed by atoms with E-state index in [2.05, 4.69) is 4.98 Å². The minimum absolute atomic E-state index is 0.0674. The molecule has 0 aliphatic rings. The zero-order valence-electron chi connectivity index (χ0n) is 11.6. The predicted octanol–water partition coefficient (Wildman–Crippen LogP) is 4.04. The van der Waals surface area contributed by atoms with E-state index in [4.69, 9.17) is 10.2 Å². The number of nitrogens with two attached hydrogens (primary N) is 1. The van der Waals surface area contributed by atoms with Gasteiger partial charge in [-0.2, -0.15) is 13.2 Å². The molecule has 1 atom stereocenters. The van der Waals surface area contributed by atoms with Crippen LogP contribution in [-0.2, 0) is 12.6 Å². The van der Waals surface area contributed by atoms with Gasteiger partial charge in [-0.1, -0.05) is 6.07 Å². The molecule has 0 amide bonds. The van der Waals surface area contributed by atoms with E-state index in [0.717, 1.165) is 17.8 Å². The van der Waals surface area contributed by atoms with Crippen molar-refractivity contribution in [2.45, 2.75) is 42.6 Å². The fourth-order valence-corrected chi connectivity index (χ4v) is 2.75. The number of rotatable bonds is 4. The second-order valence-electron chi connectivity index (χ2n) is 4.87. The van der Waals surface area contributed by atoms with E-state index >= 15 is 0 Å². The van der Waals surface area contributed by atoms with Gasteiger partial charge in [0.1, 0.15) is 6.26 Å². The van der Waals surface area contributed by atoms with E-state index in [1.807, 2.05) is 0 Å². The zero-order chi connectivity index (χ0) is 15.6. The first kappa shape index (κ1) is 15.9. The summed E-state index contributed by atoms with van der Waals surface area (Å²) in [6.45, 7) is 3.47. The molecule has 0 saturated heterocycles. The van der Waals surface area contributed by atoms with Gasteiger partial charge in [0.2, 0.25) is 0 Å². The molecular formula is C14H15F3N2OS. The molecule has 0 aliphatic carbocycles. The summed E-state index contributed by atoms with van der Waals surface area (Å²) in [6.07, 6.45) is -2.63. The molecule has 0 fully saturated rings. The SMILES string of the molecule is Cc1coc(Sc2ccc(CC(C)N)cc2C(F)(F)F)n1. The number of benzene rings is 1. The Kier molecular flexibility index (Phi) is 4.63. The first-order chi connectivity index (χ1) is 9.75. The number of aromatic nitrogens is 1. The molecule has 2 N–H and O–H groups in total. The van der Waals surface area contributed by atoms with Gasteiger partial charge >= 0.3 is 6.18 Å². The maximum Gasteiger partial charge on any atom is 0.417 e. The Bertz CT molecular complexity index is 623. The number of hydrogen-bond donors (Lipinski definition) is 1. The summed E-state index contributed by atoms with van der Waals surface area (Å²) >= 11 is 0.860. The van der Waals surface area contributed by atoms with E-state index < -0.39 is 11.7 Å². The Morgan fingerprint density at radius 1 is 1.38 bits per heavy atom. The Hall–Kier alpha value is -1.47. The van der Waals surface area contributed by atoms with Crippen molar-refractivity contribution in [1.29, 1.82) is 0 Å². The van der Waals surface area contributed by atoms with Gasteiger partial charge in [-0.05, 0) is 49.7 Å². The van der Waals surface area contributed by atoms with Crippen LogP contribution >= 0.6 is 11.8 Å². The summed E-state index contributed by atoms with van der Waals surface area (Å²) in [5.74, 6) is 0. The maximum atomic E-state index is 13.2. The highest BCUT2D eigenvalue weighted by atomic mass is 32.2. The zero-order valence-corrected chi connectivity index (χ0v) is 12.4. The van der Waals surface area contributed by atoms with Crippen molar-refractivity contribution in [2.24, 2.45) is 5.73 Å². The molecular weight excluding hydrogens is 301 g/mol. The number of halogens is 3. The first-order valence-electron chi connectivity index (χ1n) is 6.31. The van der Waals surface area contributed by atoms with Crippen LogP contribution in [0.3, 0.4) is 0 Å². The molecule has 1 aromatic heterocycles. The highest BCUT2D eigenvalue weighted by Gasteiger charge is 2.34. The van der Waals surface area contributed by atoms with Gasteiger partial charge in [-0.3, -0.25) is 0 Å². The molecule has 2 aromatic rings. The van der Waals surface area contributed by atoms with Crippen LogP contribution in [-0.4, -0.2) is 11.0 Å². The molecule has 114 valence electrons. The van der Waals surface area contributed by atoms with Crippen molar-refractivity contribution < 1.29 is 17.6 Å². The Morgan fingerprint density at radius 3 is 2.62 bits per heavy atom. The van der Waals surface area contributed by atoms with Crippen LogP contribution in [0.4, 0.5) is 13.2 Å². The number of hydrogen-bond acceptors (Lipinski definition) is 4. The Labute approximate surface area is 124 Å². The lowest BCUT2D eigenvalue weighted by molar-refractivity contribution is -0.139. The monoisotopic (exact) mass is 316 g/mol. The minimum atomic E-state index is -4.43. The molecule has 0 radical (unpaired) electrons. The second-order valence-corrected chi connectivity index (χ2v) is 5.86. The molecule has 0 bridgehead atoms. The van der Waals surface area contributed by atoms with Crippen LogP contribution in [0.15, 0.2) is 39.0 Å². The van der Waals surface area contributed by atoms with E-state index in [1.54, 1.807) is 19.9 Å². The summed E-state index contributed by atoms with van der Waals surface area (Å²) in [6, 6.07) is 4.03. The first-order valence-corrected chi connectivity index (χ1v) is 7.13. The molecule has 7 heteroatoms. The third-order valence-electron chi connectivity index (χ3n) is 2.70. The smallest absolute Gasteiger partial charge is 0.417 e. The lowest BCUT2D eigenvalue weighted by Gasteiger charge is -2.14. The number of aryl methyl sites for hydroxylation is 1. The van der Waals surface area contributed by atoms with Gasteiger partial charge in [-0.15, -0.1) is 0 Å². The Balaban J connectivity index is 2.35. The average molecular weight is 316 g/mol. The highest BCUT2D eigenvalue weighted by Crippen LogP contribution is 2.39. The van der Waals surface area contributed by atoms with Crippen LogP contribution in [0.1, 0.15) is 23.7 Å². The normalized spacial score (nSPS) is 13.4. The topological polar surface area (TPSA) is 52.0 Å². The second kappa shape index (κ2) is 6.11. The van der Waals surface area contributed by atoms with E-state index in [1.165, 1.54) is 12.3 Å². The van der Waals surface area contributed by atoms with Crippen LogP contribution in [0.2, 0.25) is 0 Å². The molecule has 1 unspecified atom stereocenters. The largest absolute Gasteiger partial charge is 0.439 e. The Morgan fingerprint density at radius 2 is 2.10 bits per heavy atom. The van der Waals surface area contributed by atoms with Gasteiger partial charge in [-0.25, -0.2) is 4.98 Å². The van der Waals surface area contributed by atoms with Gasteiger partial charge in [0.25, 0.3) is 5.22 Å². The molecule has 0 spiro atoms. The molecule has 0 saturated carbocycles. The van der Waals surface area contributed by atoms with Crippen molar-refractivity contribution in [2.75, 3.05) is 0 Å². The van der Waals surface area contributed by atoms with Crippen LogP contribution in [0.25, 0.3) is 0 Å². The van der Waals surface area contributed by atoms with Gasteiger partial charge in [0.15, 0.2) is 0 Å². The van der Waals surface area contributed by atoms with Crippen LogP contribution < -0.4 is 5.73 Å². The molecule has 3 nitrogen and oxygen atoms in total.